The number of aliphatic hydroxyl groups is 2. The van der Waals surface area contributed by atoms with E-state index < -0.39 is 13.6 Å². The van der Waals surface area contributed by atoms with E-state index in [2.05, 4.69) is 91.0 Å². The van der Waals surface area contributed by atoms with Gasteiger partial charge >= 0.3 is 0 Å². The molecule has 2 N–H and O–H groups in total. The van der Waals surface area contributed by atoms with Crippen LogP contribution in [0.25, 0.3) is 0 Å². The fourth-order valence-electron chi connectivity index (χ4n) is 3.56. The lowest BCUT2D eigenvalue weighted by Gasteiger charge is -2.27. The molecule has 3 aromatic rings. The van der Waals surface area contributed by atoms with Crippen LogP contribution in [0.3, 0.4) is 0 Å². The fourth-order valence-corrected chi connectivity index (χ4v) is 7.97. The van der Waals surface area contributed by atoms with Gasteiger partial charge in [0.1, 0.15) is 23.2 Å². The summed E-state index contributed by atoms with van der Waals surface area (Å²) in [6, 6.07) is 32.4. The first-order valence-corrected chi connectivity index (χ1v) is 11.1. The monoisotopic (exact) mass is 365 g/mol. The van der Waals surface area contributed by atoms with Crippen LogP contribution < -0.4 is 15.9 Å². The molecule has 0 aliphatic rings. The lowest BCUT2D eigenvalue weighted by Crippen LogP contribution is -2.33. The molecular formula is C23H26O2P+. The van der Waals surface area contributed by atoms with Gasteiger partial charge in [-0.2, -0.15) is 0 Å². The maximum absolute atomic E-state index is 9.20. The lowest BCUT2D eigenvalue weighted by atomic mass is 10.2. The normalized spacial score (nSPS) is 11.7. The number of hydrogen-bond donors (Lipinski definition) is 2. The summed E-state index contributed by atoms with van der Waals surface area (Å²) >= 11 is 0. The minimum absolute atomic E-state index is 0.429. The molecule has 3 heteroatoms. The van der Waals surface area contributed by atoms with Gasteiger partial charge in [0.25, 0.3) is 0 Å². The summed E-state index contributed by atoms with van der Waals surface area (Å²) in [5.74, 6) is 0. The zero-order valence-corrected chi connectivity index (χ0v) is 15.8. The molecule has 0 aliphatic heterocycles. The Balaban J connectivity index is 2.09. The number of aliphatic hydroxyl groups excluding tert-OH is 1. The molecule has 0 spiro atoms. The first-order chi connectivity index (χ1) is 12.7. The highest BCUT2D eigenvalue weighted by Crippen LogP contribution is 2.55. The van der Waals surface area contributed by atoms with Crippen LogP contribution in [0.4, 0.5) is 0 Å². The summed E-state index contributed by atoms with van der Waals surface area (Å²) in [7, 11) is -1.78. The molecule has 0 radical (unpaired) electrons. The Bertz CT molecular complexity index is 676. The minimum Gasteiger partial charge on any atom is -0.368 e. The second-order valence-electron chi connectivity index (χ2n) is 6.52. The van der Waals surface area contributed by atoms with E-state index >= 15 is 0 Å². The van der Waals surface area contributed by atoms with Crippen LogP contribution in [0.2, 0.25) is 0 Å². The van der Waals surface area contributed by atoms with Crippen molar-refractivity contribution in [2.75, 3.05) is 6.16 Å². The van der Waals surface area contributed by atoms with Crippen molar-refractivity contribution in [3.8, 4) is 0 Å². The molecule has 0 saturated carbocycles. The highest BCUT2D eigenvalue weighted by molar-refractivity contribution is 7.95. The van der Waals surface area contributed by atoms with Crippen molar-refractivity contribution in [2.24, 2.45) is 0 Å². The second kappa shape index (κ2) is 9.09. The van der Waals surface area contributed by atoms with Crippen molar-refractivity contribution in [2.45, 2.75) is 25.6 Å². The molecule has 0 atom stereocenters. The molecule has 134 valence electrons. The van der Waals surface area contributed by atoms with Crippen molar-refractivity contribution in [3.63, 3.8) is 0 Å². The molecule has 3 aromatic carbocycles. The third kappa shape index (κ3) is 4.22. The summed E-state index contributed by atoms with van der Waals surface area (Å²) in [4.78, 5) is 0. The van der Waals surface area contributed by atoms with Gasteiger partial charge in [-0.05, 0) is 55.7 Å². The number of rotatable bonds is 8. The van der Waals surface area contributed by atoms with Crippen LogP contribution in [0, 0.1) is 0 Å². The van der Waals surface area contributed by atoms with Crippen molar-refractivity contribution >= 4 is 23.2 Å². The van der Waals surface area contributed by atoms with E-state index in [4.69, 9.17) is 0 Å². The summed E-state index contributed by atoms with van der Waals surface area (Å²) in [6.07, 6.45) is 2.01. The Morgan fingerprint density at radius 3 is 1.31 bits per heavy atom. The quantitative estimate of drug-likeness (QED) is 0.365. The first-order valence-electron chi connectivity index (χ1n) is 9.14. The predicted molar refractivity (Wildman–Crippen MR) is 112 cm³/mol. The van der Waals surface area contributed by atoms with Crippen LogP contribution in [-0.4, -0.2) is 22.7 Å². The molecule has 2 nitrogen and oxygen atoms in total. The van der Waals surface area contributed by atoms with Gasteiger partial charge in [-0.25, -0.2) is 0 Å². The summed E-state index contributed by atoms with van der Waals surface area (Å²) < 4.78 is 0. The van der Waals surface area contributed by atoms with Crippen LogP contribution in [-0.2, 0) is 0 Å². The van der Waals surface area contributed by atoms with Crippen molar-refractivity contribution in [1.29, 1.82) is 0 Å². The SMILES string of the molecule is OC(O)CCCC[P+](c1ccccc1)(c1ccccc1)c1ccccc1. The highest BCUT2D eigenvalue weighted by Gasteiger charge is 2.44. The summed E-state index contributed by atoms with van der Waals surface area (Å²) in [6.45, 7) is 0. The number of unbranched alkanes of at least 4 members (excludes halogenated alkanes) is 1. The number of hydrogen-bond acceptors (Lipinski definition) is 2. The summed E-state index contributed by atoms with van der Waals surface area (Å²) in [5.41, 5.74) is 0. The Morgan fingerprint density at radius 2 is 0.962 bits per heavy atom. The van der Waals surface area contributed by atoms with Gasteiger partial charge < -0.3 is 10.2 Å². The molecule has 0 heterocycles. The maximum atomic E-state index is 9.20. The fraction of sp³-hybridized carbons (Fsp3) is 0.217. The Morgan fingerprint density at radius 1 is 0.577 bits per heavy atom. The minimum atomic E-state index is -1.78. The van der Waals surface area contributed by atoms with Gasteiger partial charge in [-0.3, -0.25) is 0 Å². The van der Waals surface area contributed by atoms with Crippen LogP contribution in [0.5, 0.6) is 0 Å². The third-order valence-corrected chi connectivity index (χ3v) is 9.32. The molecular weight excluding hydrogens is 339 g/mol. The zero-order chi connectivity index (χ0) is 18.2. The Kier molecular flexibility index (Phi) is 6.57. The molecule has 0 unspecified atom stereocenters. The van der Waals surface area contributed by atoms with Crippen molar-refractivity contribution in [1.82, 2.24) is 0 Å². The third-order valence-electron chi connectivity index (χ3n) is 4.80. The molecule has 0 saturated heterocycles. The van der Waals surface area contributed by atoms with E-state index in [1.165, 1.54) is 15.9 Å². The molecule has 0 bridgehead atoms. The van der Waals surface area contributed by atoms with Crippen LogP contribution in [0.1, 0.15) is 19.3 Å². The largest absolute Gasteiger partial charge is 0.368 e. The van der Waals surface area contributed by atoms with Gasteiger partial charge in [0, 0.05) is 0 Å². The van der Waals surface area contributed by atoms with Crippen LogP contribution >= 0.6 is 7.26 Å². The maximum Gasteiger partial charge on any atom is 0.151 e. The highest BCUT2D eigenvalue weighted by atomic mass is 31.2. The molecule has 0 aromatic heterocycles. The van der Waals surface area contributed by atoms with Gasteiger partial charge in [0.15, 0.2) is 6.29 Å². The Hall–Kier alpha value is -1.99. The zero-order valence-electron chi connectivity index (χ0n) is 14.9. The molecule has 0 amide bonds. The van der Waals surface area contributed by atoms with Gasteiger partial charge in [-0.15, -0.1) is 0 Å². The van der Waals surface area contributed by atoms with E-state index in [1.807, 2.05) is 0 Å². The van der Waals surface area contributed by atoms with E-state index in [-0.39, 0.29) is 0 Å². The average molecular weight is 365 g/mol. The second-order valence-corrected chi connectivity index (χ2v) is 10.1. The lowest BCUT2D eigenvalue weighted by molar-refractivity contribution is -0.0462. The number of benzene rings is 3. The predicted octanol–water partition coefficient (Wildman–Crippen LogP) is 3.46. The topological polar surface area (TPSA) is 40.5 Å². The van der Waals surface area contributed by atoms with Gasteiger partial charge in [0.05, 0.1) is 6.16 Å². The van der Waals surface area contributed by atoms with Crippen LogP contribution in [0.15, 0.2) is 91.0 Å². The molecule has 0 fully saturated rings. The van der Waals surface area contributed by atoms with E-state index in [0.717, 1.165) is 19.0 Å². The van der Waals surface area contributed by atoms with Gasteiger partial charge in [0.2, 0.25) is 0 Å². The first kappa shape index (κ1) is 18.8. The standard InChI is InChI=1S/C23H26O2P/c24-23(25)18-10-11-19-26(20-12-4-1-5-13-20,21-14-6-2-7-15-21)22-16-8-3-9-17-22/h1-9,12-17,23-25H,10-11,18-19H2/q+1. The Labute approximate surface area is 156 Å². The van der Waals surface area contributed by atoms with Crippen molar-refractivity contribution in [3.05, 3.63) is 91.0 Å². The molecule has 3 rings (SSSR count). The van der Waals surface area contributed by atoms with E-state index in [0.29, 0.717) is 6.42 Å². The van der Waals surface area contributed by atoms with Crippen molar-refractivity contribution < 1.29 is 10.2 Å². The van der Waals surface area contributed by atoms with E-state index in [9.17, 15) is 10.2 Å². The molecule has 26 heavy (non-hydrogen) atoms. The smallest absolute Gasteiger partial charge is 0.151 e. The van der Waals surface area contributed by atoms with E-state index in [1.54, 1.807) is 0 Å². The molecule has 0 aliphatic carbocycles. The van der Waals surface area contributed by atoms with Gasteiger partial charge in [-0.1, -0.05) is 54.6 Å². The average Bonchev–Trinajstić information content (AvgIpc) is 2.70. The summed E-state index contributed by atoms with van der Waals surface area (Å²) in [5, 5.41) is 22.5.